The number of ether oxygens (including phenoxy) is 1. The van der Waals surface area contributed by atoms with Crippen LogP contribution in [0, 0.1) is 11.6 Å². The molecule has 134 valence electrons. The fourth-order valence-corrected chi connectivity index (χ4v) is 4.54. The molecule has 26 heavy (non-hydrogen) atoms. The fraction of sp³-hybridized carbons (Fsp3) is 0.211. The molecule has 1 aliphatic heterocycles. The Balaban J connectivity index is 1.59. The van der Waals surface area contributed by atoms with Crippen LogP contribution in [0.5, 0.6) is 0 Å². The van der Waals surface area contributed by atoms with E-state index >= 15 is 0 Å². The molecule has 0 bridgehead atoms. The maximum Gasteiger partial charge on any atom is 0.265 e. The quantitative estimate of drug-likeness (QED) is 0.610. The van der Waals surface area contributed by atoms with Crippen LogP contribution in [0.2, 0.25) is 5.02 Å². The Hall–Kier alpha value is -2.02. The van der Waals surface area contributed by atoms with Crippen LogP contribution in [0.1, 0.15) is 21.3 Å². The van der Waals surface area contributed by atoms with Gasteiger partial charge in [0.1, 0.15) is 22.6 Å². The van der Waals surface area contributed by atoms with Gasteiger partial charge in [-0.05, 0) is 35.9 Å². The Labute approximate surface area is 157 Å². The van der Waals surface area contributed by atoms with E-state index in [0.29, 0.717) is 39.7 Å². The van der Waals surface area contributed by atoms with Crippen molar-refractivity contribution < 1.29 is 18.3 Å². The van der Waals surface area contributed by atoms with E-state index in [1.165, 1.54) is 35.6 Å². The summed E-state index contributed by atoms with van der Waals surface area (Å²) in [5, 5.41) is 1.02. The Kier molecular flexibility index (Phi) is 4.65. The van der Waals surface area contributed by atoms with Crippen molar-refractivity contribution in [2.75, 3.05) is 19.7 Å². The Morgan fingerprint density at radius 1 is 1.15 bits per heavy atom. The molecule has 0 N–H and O–H groups in total. The van der Waals surface area contributed by atoms with Gasteiger partial charge in [0.05, 0.1) is 18.2 Å². The second-order valence-corrected chi connectivity index (χ2v) is 7.48. The summed E-state index contributed by atoms with van der Waals surface area (Å²) in [5.41, 5.74) is 0.813. The number of amides is 1. The number of hydrogen-bond acceptors (Lipinski definition) is 3. The first-order valence-electron chi connectivity index (χ1n) is 8.07. The van der Waals surface area contributed by atoms with Crippen molar-refractivity contribution in [3.63, 3.8) is 0 Å². The van der Waals surface area contributed by atoms with Crippen LogP contribution in [0.15, 0.2) is 42.5 Å². The number of morpholine rings is 1. The lowest BCUT2D eigenvalue weighted by atomic mass is 10.1. The molecule has 2 heterocycles. The molecule has 1 aromatic heterocycles. The van der Waals surface area contributed by atoms with Gasteiger partial charge in [-0.25, -0.2) is 8.78 Å². The number of carbonyl (C=O) groups excluding carboxylic acids is 1. The number of halogens is 3. The zero-order valence-electron chi connectivity index (χ0n) is 13.5. The standard InChI is InChI=1S/C19H14ClF2NO2S/c20-17-14-6-5-13(22)9-16(14)26-18(17)19(24)23-7-8-25-15(10-23)11-1-3-12(21)4-2-11/h1-6,9,15H,7-8,10H2. The summed E-state index contributed by atoms with van der Waals surface area (Å²) in [4.78, 5) is 15.0. The van der Waals surface area contributed by atoms with Crippen molar-refractivity contribution in [1.82, 2.24) is 4.90 Å². The molecular formula is C19H14ClF2NO2S. The number of benzene rings is 2. The lowest BCUT2D eigenvalue weighted by molar-refractivity contribution is -0.0226. The fourth-order valence-electron chi connectivity index (χ4n) is 3.03. The van der Waals surface area contributed by atoms with Crippen LogP contribution in [0.4, 0.5) is 8.78 Å². The molecular weight excluding hydrogens is 380 g/mol. The molecule has 1 saturated heterocycles. The zero-order valence-corrected chi connectivity index (χ0v) is 15.1. The minimum absolute atomic E-state index is 0.202. The van der Waals surface area contributed by atoms with E-state index in [1.54, 1.807) is 23.1 Å². The number of hydrogen-bond donors (Lipinski definition) is 0. The molecule has 0 aliphatic carbocycles. The first kappa shape index (κ1) is 17.4. The van der Waals surface area contributed by atoms with E-state index in [4.69, 9.17) is 16.3 Å². The molecule has 3 nitrogen and oxygen atoms in total. The van der Waals surface area contributed by atoms with Crippen molar-refractivity contribution >= 4 is 38.9 Å². The third-order valence-electron chi connectivity index (χ3n) is 4.38. The average molecular weight is 394 g/mol. The van der Waals surface area contributed by atoms with Gasteiger partial charge in [-0.15, -0.1) is 11.3 Å². The topological polar surface area (TPSA) is 29.5 Å². The van der Waals surface area contributed by atoms with Crippen molar-refractivity contribution in [2.45, 2.75) is 6.10 Å². The number of carbonyl (C=O) groups is 1. The molecule has 1 amide bonds. The average Bonchev–Trinajstić information content (AvgIpc) is 2.97. The molecule has 0 spiro atoms. The Morgan fingerprint density at radius 3 is 2.65 bits per heavy atom. The van der Waals surface area contributed by atoms with Crippen molar-refractivity contribution in [1.29, 1.82) is 0 Å². The molecule has 1 atom stereocenters. The maximum absolute atomic E-state index is 13.4. The summed E-state index contributed by atoms with van der Waals surface area (Å²) in [7, 11) is 0. The van der Waals surface area contributed by atoms with Gasteiger partial charge in [-0.1, -0.05) is 23.7 Å². The lowest BCUT2D eigenvalue weighted by Gasteiger charge is -2.33. The number of fused-ring (bicyclic) bond motifs is 1. The van der Waals surface area contributed by atoms with E-state index in [-0.39, 0.29) is 23.6 Å². The van der Waals surface area contributed by atoms with Gasteiger partial charge in [-0.3, -0.25) is 4.79 Å². The maximum atomic E-state index is 13.4. The van der Waals surface area contributed by atoms with Crippen LogP contribution in [0.25, 0.3) is 10.1 Å². The third kappa shape index (κ3) is 3.20. The predicted molar refractivity (Wildman–Crippen MR) is 97.8 cm³/mol. The predicted octanol–water partition coefficient (Wildman–Crippen LogP) is 5.05. The minimum atomic E-state index is -0.364. The van der Waals surface area contributed by atoms with Crippen molar-refractivity contribution in [3.8, 4) is 0 Å². The van der Waals surface area contributed by atoms with E-state index in [0.717, 1.165) is 5.56 Å². The highest BCUT2D eigenvalue weighted by Gasteiger charge is 2.29. The van der Waals surface area contributed by atoms with Crippen LogP contribution in [-0.2, 0) is 4.74 Å². The summed E-state index contributed by atoms with van der Waals surface area (Å²) in [5.74, 6) is -0.883. The molecule has 1 unspecified atom stereocenters. The monoisotopic (exact) mass is 393 g/mol. The molecule has 2 aromatic carbocycles. The number of thiophene rings is 1. The number of rotatable bonds is 2. The van der Waals surface area contributed by atoms with Gasteiger partial charge in [-0.2, -0.15) is 0 Å². The van der Waals surface area contributed by atoms with Crippen molar-refractivity contribution in [2.24, 2.45) is 0 Å². The first-order chi connectivity index (χ1) is 12.5. The van der Waals surface area contributed by atoms with E-state index in [1.807, 2.05) is 0 Å². The SMILES string of the molecule is O=C(c1sc2cc(F)ccc2c1Cl)N1CCOC(c2ccc(F)cc2)C1. The second-order valence-electron chi connectivity index (χ2n) is 6.05. The van der Waals surface area contributed by atoms with Crippen molar-refractivity contribution in [3.05, 3.63) is 69.6 Å². The van der Waals surface area contributed by atoms with Gasteiger partial charge in [0, 0.05) is 16.6 Å². The molecule has 3 aromatic rings. The van der Waals surface area contributed by atoms with Crippen LogP contribution in [0.3, 0.4) is 0 Å². The minimum Gasteiger partial charge on any atom is -0.370 e. The third-order valence-corrected chi connectivity index (χ3v) is 6.03. The smallest absolute Gasteiger partial charge is 0.265 e. The summed E-state index contributed by atoms with van der Waals surface area (Å²) >= 11 is 7.55. The molecule has 1 aliphatic rings. The Morgan fingerprint density at radius 2 is 1.88 bits per heavy atom. The molecule has 1 fully saturated rings. The van der Waals surface area contributed by atoms with E-state index < -0.39 is 0 Å². The Bertz CT molecular complexity index is 974. The first-order valence-corrected chi connectivity index (χ1v) is 9.26. The highest BCUT2D eigenvalue weighted by molar-refractivity contribution is 7.21. The lowest BCUT2D eigenvalue weighted by Crippen LogP contribution is -2.42. The summed E-state index contributed by atoms with van der Waals surface area (Å²) in [6.07, 6.45) is -0.320. The van der Waals surface area contributed by atoms with Crippen LogP contribution >= 0.6 is 22.9 Å². The molecule has 4 rings (SSSR count). The molecule has 0 saturated carbocycles. The van der Waals surface area contributed by atoms with Gasteiger partial charge in [0.25, 0.3) is 5.91 Å². The van der Waals surface area contributed by atoms with E-state index in [2.05, 4.69) is 0 Å². The summed E-state index contributed by atoms with van der Waals surface area (Å²) < 4.78 is 32.9. The van der Waals surface area contributed by atoms with Gasteiger partial charge in [0.15, 0.2) is 0 Å². The molecule has 0 radical (unpaired) electrons. The largest absolute Gasteiger partial charge is 0.370 e. The normalized spacial score (nSPS) is 17.7. The highest BCUT2D eigenvalue weighted by Crippen LogP contribution is 2.37. The van der Waals surface area contributed by atoms with Crippen LogP contribution < -0.4 is 0 Å². The van der Waals surface area contributed by atoms with Gasteiger partial charge >= 0.3 is 0 Å². The van der Waals surface area contributed by atoms with Gasteiger partial charge in [0.2, 0.25) is 0 Å². The number of nitrogens with zero attached hydrogens (tertiary/aromatic N) is 1. The van der Waals surface area contributed by atoms with Gasteiger partial charge < -0.3 is 9.64 Å². The second kappa shape index (κ2) is 6.95. The zero-order chi connectivity index (χ0) is 18.3. The summed E-state index contributed by atoms with van der Waals surface area (Å²) in [6, 6.07) is 10.3. The summed E-state index contributed by atoms with van der Waals surface area (Å²) in [6.45, 7) is 1.17. The van der Waals surface area contributed by atoms with E-state index in [9.17, 15) is 13.6 Å². The molecule has 7 heteroatoms. The highest BCUT2D eigenvalue weighted by atomic mass is 35.5. The van der Waals surface area contributed by atoms with Crippen LogP contribution in [-0.4, -0.2) is 30.5 Å².